The van der Waals surface area contributed by atoms with Gasteiger partial charge in [-0.05, 0) is 31.2 Å². The maximum atomic E-state index is 12.6. The molecule has 1 saturated heterocycles. The smallest absolute Gasteiger partial charge is 0.338 e. The summed E-state index contributed by atoms with van der Waals surface area (Å²) in [6.07, 6.45) is -3.64. The average Bonchev–Trinajstić information content (AvgIpc) is 2.77. The van der Waals surface area contributed by atoms with E-state index in [4.69, 9.17) is 59.2 Å². The first-order valence-corrected chi connectivity index (χ1v) is 10.8. The minimum absolute atomic E-state index is 0.0517. The molecule has 1 heterocycles. The first kappa shape index (κ1) is 24.3. The highest BCUT2D eigenvalue weighted by Crippen LogP contribution is 2.32. The quantitative estimate of drug-likeness (QED) is 0.270. The van der Waals surface area contributed by atoms with Gasteiger partial charge >= 0.3 is 11.9 Å². The summed E-state index contributed by atoms with van der Waals surface area (Å²) in [6, 6.07) is 16.8. The normalized spacial score (nSPS) is 23.1. The largest absolute Gasteiger partial charge is 0.456 e. The van der Waals surface area contributed by atoms with Crippen LogP contribution in [0.4, 0.5) is 0 Å². The van der Waals surface area contributed by atoms with Crippen molar-refractivity contribution in [1.82, 2.24) is 0 Å². The van der Waals surface area contributed by atoms with Gasteiger partial charge in [-0.1, -0.05) is 71.2 Å². The van der Waals surface area contributed by atoms with Gasteiger partial charge in [0.1, 0.15) is 6.10 Å². The molecule has 1 aliphatic heterocycles. The first-order valence-electron chi connectivity index (χ1n) is 9.65. The van der Waals surface area contributed by atoms with Crippen molar-refractivity contribution in [3.8, 4) is 0 Å². The van der Waals surface area contributed by atoms with E-state index in [-0.39, 0.29) is 6.42 Å². The van der Waals surface area contributed by atoms with Crippen molar-refractivity contribution < 1.29 is 28.5 Å². The first-order chi connectivity index (χ1) is 15.1. The second kappa shape index (κ2) is 10.5. The van der Waals surface area contributed by atoms with Crippen molar-refractivity contribution in [3.63, 3.8) is 0 Å². The summed E-state index contributed by atoms with van der Waals surface area (Å²) in [5.74, 6) is -1.89. The standard InChI is InChI=1S/C22H20Cl3NO6/c1-13-16(30-18(27)14-8-4-2-5-9-14)12-17(20(29-13)32-21(26)22(23,24)25)31-19(28)15-10-6-3-7-11-15/h2-11,13,16-17,20,26H,12H2,1H3/t13-,16+,17+,20-/m0/s1. The number of rotatable bonds is 5. The van der Waals surface area contributed by atoms with E-state index >= 15 is 0 Å². The molecule has 10 heteroatoms. The molecule has 2 aromatic carbocycles. The third kappa shape index (κ3) is 6.36. The van der Waals surface area contributed by atoms with Crippen molar-refractivity contribution in [2.45, 2.75) is 41.7 Å². The van der Waals surface area contributed by atoms with Crippen LogP contribution in [-0.4, -0.2) is 46.2 Å². The van der Waals surface area contributed by atoms with E-state index < -0.39 is 46.2 Å². The third-order valence-electron chi connectivity index (χ3n) is 4.67. The van der Waals surface area contributed by atoms with Crippen molar-refractivity contribution in [2.75, 3.05) is 0 Å². The molecule has 0 radical (unpaired) electrons. The van der Waals surface area contributed by atoms with Gasteiger partial charge in [-0.3, -0.25) is 5.41 Å². The predicted molar refractivity (Wildman–Crippen MR) is 119 cm³/mol. The molecule has 170 valence electrons. The second-order valence-corrected chi connectivity index (χ2v) is 9.29. The van der Waals surface area contributed by atoms with Gasteiger partial charge < -0.3 is 18.9 Å². The van der Waals surface area contributed by atoms with Crippen LogP contribution in [0.5, 0.6) is 0 Å². The molecule has 32 heavy (non-hydrogen) atoms. The zero-order chi connectivity index (χ0) is 23.3. The van der Waals surface area contributed by atoms with Gasteiger partial charge in [0.15, 0.2) is 6.10 Å². The van der Waals surface area contributed by atoms with Gasteiger partial charge in [0, 0.05) is 6.42 Å². The predicted octanol–water partition coefficient (Wildman–Crippen LogP) is 4.94. The molecule has 0 spiro atoms. The Bertz CT molecular complexity index is 951. The molecular weight excluding hydrogens is 481 g/mol. The van der Waals surface area contributed by atoms with E-state index in [1.54, 1.807) is 67.6 Å². The van der Waals surface area contributed by atoms with E-state index in [0.29, 0.717) is 11.1 Å². The van der Waals surface area contributed by atoms with Gasteiger partial charge in [0.2, 0.25) is 12.2 Å². The SMILES string of the molecule is C[C@@H]1O[C@@H](OC(=N)C(Cl)(Cl)Cl)[C@H](OC(=O)c2ccccc2)C[C@H]1OC(=O)c1ccccc1. The van der Waals surface area contributed by atoms with E-state index in [9.17, 15) is 9.59 Å². The molecule has 3 rings (SSSR count). The minimum atomic E-state index is -2.13. The highest BCUT2D eigenvalue weighted by molar-refractivity contribution is 6.76. The lowest BCUT2D eigenvalue weighted by Gasteiger charge is -2.39. The zero-order valence-electron chi connectivity index (χ0n) is 16.9. The molecule has 0 bridgehead atoms. The highest BCUT2D eigenvalue weighted by Gasteiger charge is 2.44. The van der Waals surface area contributed by atoms with Crippen LogP contribution in [0.15, 0.2) is 60.7 Å². The van der Waals surface area contributed by atoms with E-state index in [1.165, 1.54) is 0 Å². The number of esters is 2. The van der Waals surface area contributed by atoms with Gasteiger partial charge in [-0.25, -0.2) is 9.59 Å². The Balaban J connectivity index is 1.77. The summed E-state index contributed by atoms with van der Waals surface area (Å²) >= 11 is 17.1. The molecule has 2 aromatic rings. The topological polar surface area (TPSA) is 94.9 Å². The van der Waals surface area contributed by atoms with Gasteiger partial charge in [-0.2, -0.15) is 0 Å². The number of carbonyl (C=O) groups is 2. The minimum Gasteiger partial charge on any atom is -0.456 e. The molecule has 1 aliphatic rings. The molecule has 0 unspecified atom stereocenters. The molecule has 0 aromatic heterocycles. The maximum Gasteiger partial charge on any atom is 0.338 e. The van der Waals surface area contributed by atoms with Crippen LogP contribution in [-0.2, 0) is 18.9 Å². The summed E-state index contributed by atoms with van der Waals surface area (Å²) in [5.41, 5.74) is 0.674. The fraction of sp³-hybridized carbons (Fsp3) is 0.318. The Kier molecular flexibility index (Phi) is 8.00. The lowest BCUT2D eigenvalue weighted by atomic mass is 10.0. The van der Waals surface area contributed by atoms with E-state index in [0.717, 1.165) is 0 Å². The summed E-state index contributed by atoms with van der Waals surface area (Å²) in [6.45, 7) is 1.66. The van der Waals surface area contributed by atoms with Gasteiger partial charge in [-0.15, -0.1) is 0 Å². The summed E-state index contributed by atoms with van der Waals surface area (Å²) in [4.78, 5) is 25.1. The number of alkyl halides is 3. The molecule has 4 atom stereocenters. The number of hydrogen-bond donors (Lipinski definition) is 1. The summed E-state index contributed by atoms with van der Waals surface area (Å²) in [5, 5.41) is 7.83. The number of ether oxygens (including phenoxy) is 4. The fourth-order valence-electron chi connectivity index (χ4n) is 3.01. The maximum absolute atomic E-state index is 12.6. The fourth-order valence-corrected chi connectivity index (χ4v) is 3.15. The van der Waals surface area contributed by atoms with Gasteiger partial charge in [0.25, 0.3) is 3.79 Å². The number of nitrogens with one attached hydrogen (secondary N) is 1. The van der Waals surface area contributed by atoms with E-state index in [1.807, 2.05) is 0 Å². The van der Waals surface area contributed by atoms with Gasteiger partial charge in [0.05, 0.1) is 17.2 Å². The van der Waals surface area contributed by atoms with Crippen LogP contribution in [0, 0.1) is 5.41 Å². The molecule has 1 fully saturated rings. The lowest BCUT2D eigenvalue weighted by Crippen LogP contribution is -2.51. The summed E-state index contributed by atoms with van der Waals surface area (Å²) < 4.78 is 20.1. The number of hydrogen-bond acceptors (Lipinski definition) is 7. The molecular formula is C22H20Cl3NO6. The number of benzene rings is 2. The Morgan fingerprint density at radius 1 is 0.875 bits per heavy atom. The molecule has 1 N–H and O–H groups in total. The van der Waals surface area contributed by atoms with Crippen LogP contribution in [0.2, 0.25) is 0 Å². The van der Waals surface area contributed by atoms with Crippen LogP contribution in [0.25, 0.3) is 0 Å². The Morgan fingerprint density at radius 2 is 1.34 bits per heavy atom. The van der Waals surface area contributed by atoms with Crippen LogP contribution in [0.3, 0.4) is 0 Å². The molecule has 0 amide bonds. The average molecular weight is 501 g/mol. The van der Waals surface area contributed by atoms with Crippen LogP contribution < -0.4 is 0 Å². The Labute approximate surface area is 200 Å². The number of carbonyl (C=O) groups excluding carboxylic acids is 2. The van der Waals surface area contributed by atoms with Crippen molar-refractivity contribution in [3.05, 3.63) is 71.8 Å². The number of halogens is 3. The second-order valence-electron chi connectivity index (χ2n) is 7.01. The lowest BCUT2D eigenvalue weighted by molar-refractivity contribution is -0.234. The van der Waals surface area contributed by atoms with Crippen LogP contribution in [0.1, 0.15) is 34.1 Å². The van der Waals surface area contributed by atoms with Crippen molar-refractivity contribution >= 4 is 52.6 Å². The zero-order valence-corrected chi connectivity index (χ0v) is 19.1. The monoisotopic (exact) mass is 499 g/mol. The van der Waals surface area contributed by atoms with Crippen molar-refractivity contribution in [2.24, 2.45) is 0 Å². The highest BCUT2D eigenvalue weighted by atomic mass is 35.6. The van der Waals surface area contributed by atoms with Crippen LogP contribution >= 0.6 is 34.8 Å². The van der Waals surface area contributed by atoms with Crippen molar-refractivity contribution in [1.29, 1.82) is 5.41 Å². The summed E-state index contributed by atoms with van der Waals surface area (Å²) in [7, 11) is 0. The van der Waals surface area contributed by atoms with E-state index in [2.05, 4.69) is 0 Å². The Morgan fingerprint density at radius 3 is 1.81 bits per heavy atom. The third-order valence-corrected chi connectivity index (χ3v) is 5.18. The molecule has 0 saturated carbocycles. The molecule has 7 nitrogen and oxygen atoms in total. The molecule has 0 aliphatic carbocycles. The Hall–Kier alpha value is -2.32.